The molecule has 0 saturated heterocycles. The first-order valence-corrected chi connectivity index (χ1v) is 11.1. The minimum Gasteiger partial charge on any atom is -0.497 e. The fraction of sp³-hybridized carbons (Fsp3) is 0.154. The van der Waals surface area contributed by atoms with Crippen LogP contribution in [0.1, 0.15) is 16.1 Å². The average Bonchev–Trinajstić information content (AvgIpc) is 3.57. The number of furan rings is 1. The van der Waals surface area contributed by atoms with Crippen molar-refractivity contribution in [3.63, 3.8) is 0 Å². The summed E-state index contributed by atoms with van der Waals surface area (Å²) >= 11 is 0. The number of nitrogens with one attached hydrogen (secondary N) is 1. The van der Waals surface area contributed by atoms with Gasteiger partial charge < -0.3 is 19.2 Å². The van der Waals surface area contributed by atoms with Gasteiger partial charge in [-0.15, -0.1) is 0 Å². The Hall–Kier alpha value is -4.66. The molecule has 1 amide bonds. The second kappa shape index (κ2) is 10.1. The quantitative estimate of drug-likeness (QED) is 0.326. The molecular formula is C26H23N5O4. The summed E-state index contributed by atoms with van der Waals surface area (Å²) in [5, 5.41) is 8.04. The van der Waals surface area contributed by atoms with E-state index in [4.69, 9.17) is 18.9 Å². The number of methoxy groups -OCH3 is 1. The molecule has 4 heterocycles. The number of pyridine rings is 2. The van der Waals surface area contributed by atoms with E-state index in [-0.39, 0.29) is 5.91 Å². The minimum atomic E-state index is -0.238. The van der Waals surface area contributed by atoms with Gasteiger partial charge in [-0.05, 0) is 54.6 Å². The van der Waals surface area contributed by atoms with Crippen molar-refractivity contribution >= 4 is 16.9 Å². The van der Waals surface area contributed by atoms with E-state index in [0.717, 1.165) is 17.1 Å². The van der Waals surface area contributed by atoms with Crippen LogP contribution in [-0.2, 0) is 6.54 Å². The van der Waals surface area contributed by atoms with E-state index >= 15 is 0 Å². The van der Waals surface area contributed by atoms with Gasteiger partial charge >= 0.3 is 0 Å². The smallest absolute Gasteiger partial charge is 0.252 e. The van der Waals surface area contributed by atoms with Crippen molar-refractivity contribution in [1.82, 2.24) is 25.1 Å². The van der Waals surface area contributed by atoms with Crippen LogP contribution in [0.25, 0.3) is 22.3 Å². The maximum Gasteiger partial charge on any atom is 0.252 e. The average molecular weight is 470 g/mol. The van der Waals surface area contributed by atoms with Gasteiger partial charge in [0.1, 0.15) is 30.4 Å². The van der Waals surface area contributed by atoms with Crippen molar-refractivity contribution in [1.29, 1.82) is 0 Å². The summed E-state index contributed by atoms with van der Waals surface area (Å²) < 4.78 is 18.1. The summed E-state index contributed by atoms with van der Waals surface area (Å²) in [6.07, 6.45) is 6.68. The standard InChI is InChI=1S/C26H23N5O4/c1-33-19-6-8-20(9-7-19)35-13-11-28-26(32)22-14-24(18-4-2-10-27-15-18)30-25-23(22)16-29-31(25)17-21-5-3-12-34-21/h2-10,12,14-16H,11,13,17H2,1H3,(H,28,32). The van der Waals surface area contributed by atoms with Gasteiger partial charge in [-0.1, -0.05) is 0 Å². The Kier molecular flexibility index (Phi) is 6.38. The van der Waals surface area contributed by atoms with Gasteiger partial charge in [0, 0.05) is 18.0 Å². The highest BCUT2D eigenvalue weighted by Crippen LogP contribution is 2.25. The SMILES string of the molecule is COc1ccc(OCCNC(=O)c2cc(-c3cccnc3)nc3c2cnn3Cc2ccco2)cc1. The lowest BCUT2D eigenvalue weighted by Gasteiger charge is -2.10. The van der Waals surface area contributed by atoms with Crippen LogP contribution in [-0.4, -0.2) is 45.9 Å². The molecule has 0 saturated carbocycles. The lowest BCUT2D eigenvalue weighted by molar-refractivity contribution is 0.0948. The zero-order valence-electron chi connectivity index (χ0n) is 19.0. The Morgan fingerprint density at radius 3 is 2.69 bits per heavy atom. The topological polar surface area (TPSA) is 104 Å². The van der Waals surface area contributed by atoms with Gasteiger partial charge in [0.25, 0.3) is 5.91 Å². The number of aromatic nitrogens is 4. The molecule has 0 fully saturated rings. The van der Waals surface area contributed by atoms with Gasteiger partial charge in [0.2, 0.25) is 0 Å². The van der Waals surface area contributed by atoms with Crippen LogP contribution in [0, 0.1) is 0 Å². The Balaban J connectivity index is 1.37. The van der Waals surface area contributed by atoms with Crippen LogP contribution in [0.3, 0.4) is 0 Å². The first kappa shape index (κ1) is 22.1. The molecule has 1 N–H and O–H groups in total. The molecule has 0 atom stereocenters. The summed E-state index contributed by atoms with van der Waals surface area (Å²) in [6, 6.07) is 16.5. The van der Waals surface area contributed by atoms with E-state index < -0.39 is 0 Å². The predicted octanol–water partition coefficient (Wildman–Crippen LogP) is 3.95. The number of hydrogen-bond donors (Lipinski definition) is 1. The molecule has 4 aromatic heterocycles. The normalized spacial score (nSPS) is 10.9. The molecule has 0 aliphatic carbocycles. The van der Waals surface area contributed by atoms with Crippen LogP contribution in [0.15, 0.2) is 83.9 Å². The molecule has 1 aromatic carbocycles. The highest BCUT2D eigenvalue weighted by molar-refractivity contribution is 6.06. The number of carbonyl (C=O) groups is 1. The molecule has 0 aliphatic heterocycles. The number of amides is 1. The van der Waals surface area contributed by atoms with E-state index in [1.54, 1.807) is 42.7 Å². The second-order valence-corrected chi connectivity index (χ2v) is 7.70. The van der Waals surface area contributed by atoms with Gasteiger partial charge in [0.15, 0.2) is 5.65 Å². The molecule has 0 unspecified atom stereocenters. The number of hydrogen-bond acceptors (Lipinski definition) is 7. The molecular weight excluding hydrogens is 446 g/mol. The second-order valence-electron chi connectivity index (χ2n) is 7.70. The number of fused-ring (bicyclic) bond motifs is 1. The van der Waals surface area contributed by atoms with Crippen molar-refractivity contribution in [3.8, 4) is 22.8 Å². The first-order chi connectivity index (χ1) is 17.2. The van der Waals surface area contributed by atoms with Crippen LogP contribution in [0.2, 0.25) is 0 Å². The van der Waals surface area contributed by atoms with Crippen molar-refractivity contribution in [2.24, 2.45) is 0 Å². The first-order valence-electron chi connectivity index (χ1n) is 11.1. The van der Waals surface area contributed by atoms with E-state index in [1.165, 1.54) is 0 Å². The molecule has 9 nitrogen and oxygen atoms in total. The zero-order chi connectivity index (χ0) is 24.0. The summed E-state index contributed by atoms with van der Waals surface area (Å²) in [5.74, 6) is 1.96. The number of carbonyl (C=O) groups excluding carboxylic acids is 1. The maximum atomic E-state index is 13.2. The Labute approximate surface area is 201 Å². The summed E-state index contributed by atoms with van der Waals surface area (Å²) in [5.41, 5.74) is 2.50. The van der Waals surface area contributed by atoms with Crippen LogP contribution >= 0.6 is 0 Å². The lowest BCUT2D eigenvalue weighted by Crippen LogP contribution is -2.28. The summed E-state index contributed by atoms with van der Waals surface area (Å²) in [4.78, 5) is 22.1. The number of rotatable bonds is 9. The lowest BCUT2D eigenvalue weighted by atomic mass is 10.1. The monoisotopic (exact) mass is 469 g/mol. The van der Waals surface area contributed by atoms with Crippen molar-refractivity contribution in [2.45, 2.75) is 6.54 Å². The van der Waals surface area contributed by atoms with Gasteiger partial charge in [-0.25, -0.2) is 9.67 Å². The predicted molar refractivity (Wildman–Crippen MR) is 129 cm³/mol. The largest absolute Gasteiger partial charge is 0.497 e. The number of nitrogens with zero attached hydrogens (tertiary/aromatic N) is 4. The Morgan fingerprint density at radius 1 is 1.09 bits per heavy atom. The number of benzene rings is 1. The Morgan fingerprint density at radius 2 is 1.94 bits per heavy atom. The molecule has 0 radical (unpaired) electrons. The van der Waals surface area contributed by atoms with E-state index in [2.05, 4.69) is 15.4 Å². The van der Waals surface area contributed by atoms with Crippen LogP contribution < -0.4 is 14.8 Å². The van der Waals surface area contributed by atoms with Crippen molar-refractivity contribution in [3.05, 3.63) is 90.8 Å². The van der Waals surface area contributed by atoms with Crippen LogP contribution in [0.4, 0.5) is 0 Å². The van der Waals surface area contributed by atoms with Gasteiger partial charge in [-0.2, -0.15) is 5.10 Å². The van der Waals surface area contributed by atoms with E-state index in [0.29, 0.717) is 47.7 Å². The number of ether oxygens (including phenoxy) is 2. The fourth-order valence-corrected chi connectivity index (χ4v) is 3.66. The molecule has 0 aliphatic rings. The Bertz CT molecular complexity index is 1410. The molecule has 35 heavy (non-hydrogen) atoms. The molecule has 5 rings (SSSR count). The van der Waals surface area contributed by atoms with Gasteiger partial charge in [-0.3, -0.25) is 9.78 Å². The minimum absolute atomic E-state index is 0.238. The van der Waals surface area contributed by atoms with E-state index in [9.17, 15) is 4.79 Å². The third-order valence-electron chi connectivity index (χ3n) is 5.41. The molecule has 176 valence electrons. The van der Waals surface area contributed by atoms with E-state index in [1.807, 2.05) is 48.5 Å². The molecule has 9 heteroatoms. The fourth-order valence-electron chi connectivity index (χ4n) is 3.66. The molecule has 0 spiro atoms. The van der Waals surface area contributed by atoms with Gasteiger partial charge in [0.05, 0.1) is 42.8 Å². The summed E-state index contributed by atoms with van der Waals surface area (Å²) in [6.45, 7) is 1.05. The maximum absolute atomic E-state index is 13.2. The van der Waals surface area contributed by atoms with Crippen molar-refractivity contribution in [2.75, 3.05) is 20.3 Å². The third kappa shape index (κ3) is 4.98. The molecule has 0 bridgehead atoms. The highest BCUT2D eigenvalue weighted by atomic mass is 16.5. The molecule has 5 aromatic rings. The third-order valence-corrected chi connectivity index (χ3v) is 5.41. The summed E-state index contributed by atoms with van der Waals surface area (Å²) in [7, 11) is 1.61. The van der Waals surface area contributed by atoms with Crippen LogP contribution in [0.5, 0.6) is 11.5 Å². The van der Waals surface area contributed by atoms with Crippen molar-refractivity contribution < 1.29 is 18.7 Å². The highest BCUT2D eigenvalue weighted by Gasteiger charge is 2.18. The zero-order valence-corrected chi connectivity index (χ0v) is 19.0.